The number of hydrogen-bond donors (Lipinski definition) is 1. The zero-order valence-corrected chi connectivity index (χ0v) is 12.4. The molecule has 0 spiro atoms. The van der Waals surface area contributed by atoms with Crippen molar-refractivity contribution in [1.82, 2.24) is 0 Å². The predicted octanol–water partition coefficient (Wildman–Crippen LogP) is 4.46. The fraction of sp³-hybridized carbons (Fsp3) is 0.0714. The number of halogens is 2. The van der Waals surface area contributed by atoms with E-state index in [4.69, 9.17) is 23.2 Å². The van der Waals surface area contributed by atoms with Crippen molar-refractivity contribution in [2.24, 2.45) is 0 Å². The van der Waals surface area contributed by atoms with Gasteiger partial charge < -0.3 is 5.32 Å². The first-order chi connectivity index (χ1) is 9.90. The van der Waals surface area contributed by atoms with Crippen LogP contribution in [0.2, 0.25) is 10.0 Å². The van der Waals surface area contributed by atoms with Crippen LogP contribution >= 0.6 is 23.2 Å². The molecule has 0 aliphatic rings. The number of hydrogen-bond acceptors (Lipinski definition) is 3. The first kappa shape index (κ1) is 15.3. The van der Waals surface area contributed by atoms with Crippen LogP contribution in [0.3, 0.4) is 0 Å². The highest BCUT2D eigenvalue weighted by Gasteiger charge is 2.20. The second-order valence-corrected chi connectivity index (χ2v) is 5.12. The highest BCUT2D eigenvalue weighted by molar-refractivity contribution is 6.36. The van der Waals surface area contributed by atoms with Gasteiger partial charge in [0.15, 0.2) is 0 Å². The number of benzene rings is 2. The lowest BCUT2D eigenvalue weighted by molar-refractivity contribution is -0.384. The molecular formula is C14H10Cl2N2O3. The Morgan fingerprint density at radius 2 is 1.95 bits per heavy atom. The van der Waals surface area contributed by atoms with Gasteiger partial charge in [-0.3, -0.25) is 14.9 Å². The maximum absolute atomic E-state index is 12.2. The van der Waals surface area contributed by atoms with Crippen molar-refractivity contribution >= 4 is 40.5 Å². The van der Waals surface area contributed by atoms with Crippen molar-refractivity contribution in [1.29, 1.82) is 0 Å². The van der Waals surface area contributed by atoms with Gasteiger partial charge in [-0.15, -0.1) is 0 Å². The minimum Gasteiger partial charge on any atom is -0.322 e. The van der Waals surface area contributed by atoms with Crippen molar-refractivity contribution < 1.29 is 9.72 Å². The van der Waals surface area contributed by atoms with Crippen LogP contribution in [-0.4, -0.2) is 10.8 Å². The standard InChI is InChI=1S/C14H10Cl2N2O3/c1-8-5-6-9(15)7-11(8)17-14(19)10-3-2-4-12(13(10)16)18(20)21/h2-7H,1H3,(H,17,19). The van der Waals surface area contributed by atoms with Gasteiger partial charge in [0.2, 0.25) is 0 Å². The molecule has 0 aromatic heterocycles. The smallest absolute Gasteiger partial charge is 0.288 e. The lowest BCUT2D eigenvalue weighted by Crippen LogP contribution is -2.13. The van der Waals surface area contributed by atoms with Crippen molar-refractivity contribution in [2.45, 2.75) is 6.92 Å². The van der Waals surface area contributed by atoms with E-state index in [9.17, 15) is 14.9 Å². The molecule has 0 saturated carbocycles. The molecule has 0 heterocycles. The van der Waals surface area contributed by atoms with Gasteiger partial charge in [-0.05, 0) is 30.7 Å². The van der Waals surface area contributed by atoms with Crippen molar-refractivity contribution in [2.75, 3.05) is 5.32 Å². The molecule has 0 saturated heterocycles. The maximum Gasteiger partial charge on any atom is 0.288 e. The van der Waals surface area contributed by atoms with E-state index in [0.717, 1.165) is 5.56 Å². The van der Waals surface area contributed by atoms with Gasteiger partial charge >= 0.3 is 0 Å². The fourth-order valence-corrected chi connectivity index (χ4v) is 2.21. The van der Waals surface area contributed by atoms with Crippen molar-refractivity contribution in [3.8, 4) is 0 Å². The minimum atomic E-state index is -0.635. The molecule has 0 aliphatic carbocycles. The van der Waals surface area contributed by atoms with Gasteiger partial charge in [-0.1, -0.05) is 35.3 Å². The van der Waals surface area contributed by atoms with E-state index in [-0.39, 0.29) is 16.3 Å². The van der Waals surface area contributed by atoms with Gasteiger partial charge in [0.1, 0.15) is 5.02 Å². The van der Waals surface area contributed by atoms with E-state index in [1.807, 2.05) is 0 Å². The van der Waals surface area contributed by atoms with E-state index in [1.165, 1.54) is 18.2 Å². The molecule has 0 bridgehead atoms. The number of amides is 1. The van der Waals surface area contributed by atoms with E-state index in [2.05, 4.69) is 5.32 Å². The molecule has 0 unspecified atom stereocenters. The largest absolute Gasteiger partial charge is 0.322 e. The molecule has 0 aliphatic heterocycles. The predicted molar refractivity (Wildman–Crippen MR) is 82.2 cm³/mol. The first-order valence-corrected chi connectivity index (χ1v) is 6.66. The van der Waals surface area contributed by atoms with Crippen LogP contribution in [0.15, 0.2) is 36.4 Å². The third-order valence-electron chi connectivity index (χ3n) is 2.87. The average Bonchev–Trinajstić information content (AvgIpc) is 2.42. The molecule has 5 nitrogen and oxygen atoms in total. The Morgan fingerprint density at radius 3 is 2.62 bits per heavy atom. The third kappa shape index (κ3) is 3.32. The number of carbonyl (C=O) groups is 1. The monoisotopic (exact) mass is 324 g/mol. The highest BCUT2D eigenvalue weighted by atomic mass is 35.5. The highest BCUT2D eigenvalue weighted by Crippen LogP contribution is 2.29. The average molecular weight is 325 g/mol. The van der Waals surface area contributed by atoms with Crippen LogP contribution in [0.5, 0.6) is 0 Å². The SMILES string of the molecule is Cc1ccc(Cl)cc1NC(=O)c1cccc([N+](=O)[O-])c1Cl. The number of aryl methyl sites for hydroxylation is 1. The van der Waals surface area contributed by atoms with Crippen LogP contribution in [0.25, 0.3) is 0 Å². The molecule has 0 atom stereocenters. The molecule has 108 valence electrons. The van der Waals surface area contributed by atoms with Crippen LogP contribution in [-0.2, 0) is 0 Å². The van der Waals surface area contributed by atoms with Crippen LogP contribution in [0.1, 0.15) is 15.9 Å². The van der Waals surface area contributed by atoms with Crippen LogP contribution in [0, 0.1) is 17.0 Å². The summed E-state index contributed by atoms with van der Waals surface area (Å²) in [6, 6.07) is 9.12. The minimum absolute atomic E-state index is 0.0326. The summed E-state index contributed by atoms with van der Waals surface area (Å²) in [6.07, 6.45) is 0. The van der Waals surface area contributed by atoms with Crippen LogP contribution in [0.4, 0.5) is 11.4 Å². The number of rotatable bonds is 3. The second kappa shape index (κ2) is 6.11. The number of anilines is 1. The Balaban J connectivity index is 2.35. The van der Waals surface area contributed by atoms with Gasteiger partial charge in [0.25, 0.3) is 11.6 Å². The molecule has 1 amide bonds. The third-order valence-corrected chi connectivity index (χ3v) is 3.50. The second-order valence-electron chi connectivity index (χ2n) is 4.31. The summed E-state index contributed by atoms with van der Waals surface area (Å²) in [5.41, 5.74) is 1.06. The quantitative estimate of drug-likeness (QED) is 0.669. The Bertz CT molecular complexity index is 732. The Labute approximate surface area is 130 Å². The molecular weight excluding hydrogens is 315 g/mol. The zero-order chi connectivity index (χ0) is 15.6. The van der Waals surface area contributed by atoms with Gasteiger partial charge in [0.05, 0.1) is 10.5 Å². The lowest BCUT2D eigenvalue weighted by Gasteiger charge is -2.09. The van der Waals surface area contributed by atoms with Crippen molar-refractivity contribution in [3.63, 3.8) is 0 Å². The summed E-state index contributed by atoms with van der Waals surface area (Å²) < 4.78 is 0. The summed E-state index contributed by atoms with van der Waals surface area (Å²) in [5, 5.41) is 13.7. The molecule has 0 fully saturated rings. The Kier molecular flexibility index (Phi) is 4.45. The van der Waals surface area contributed by atoms with E-state index in [1.54, 1.807) is 25.1 Å². The van der Waals surface area contributed by atoms with Gasteiger partial charge in [0, 0.05) is 16.8 Å². The molecule has 0 radical (unpaired) electrons. The van der Waals surface area contributed by atoms with E-state index >= 15 is 0 Å². The first-order valence-electron chi connectivity index (χ1n) is 5.90. The number of carbonyl (C=O) groups excluding carboxylic acids is 1. The molecule has 21 heavy (non-hydrogen) atoms. The lowest BCUT2D eigenvalue weighted by atomic mass is 10.1. The molecule has 2 rings (SSSR count). The topological polar surface area (TPSA) is 72.2 Å². The van der Waals surface area contributed by atoms with E-state index < -0.39 is 10.8 Å². The van der Waals surface area contributed by atoms with Gasteiger partial charge in [-0.25, -0.2) is 0 Å². The molecule has 2 aromatic carbocycles. The number of nitrogens with zero attached hydrogens (tertiary/aromatic N) is 1. The summed E-state index contributed by atoms with van der Waals surface area (Å²) >= 11 is 11.8. The maximum atomic E-state index is 12.2. The summed E-state index contributed by atoms with van der Waals surface area (Å²) in [6.45, 7) is 1.81. The molecule has 2 aromatic rings. The van der Waals surface area contributed by atoms with Gasteiger partial charge in [-0.2, -0.15) is 0 Å². The summed E-state index contributed by atoms with van der Waals surface area (Å²) in [7, 11) is 0. The Morgan fingerprint density at radius 1 is 1.24 bits per heavy atom. The summed E-state index contributed by atoms with van der Waals surface area (Å²) in [4.78, 5) is 22.4. The fourth-order valence-electron chi connectivity index (χ4n) is 1.75. The zero-order valence-electron chi connectivity index (χ0n) is 10.9. The Hall–Kier alpha value is -2.11. The van der Waals surface area contributed by atoms with Crippen LogP contribution < -0.4 is 5.32 Å². The summed E-state index contributed by atoms with van der Waals surface area (Å²) in [5.74, 6) is -0.533. The normalized spacial score (nSPS) is 10.2. The number of nitro groups is 1. The van der Waals surface area contributed by atoms with Crippen molar-refractivity contribution in [3.05, 3.63) is 67.7 Å². The molecule has 7 heteroatoms. The molecule has 1 N–H and O–H groups in total. The van der Waals surface area contributed by atoms with E-state index in [0.29, 0.717) is 10.7 Å². The number of nitrogens with one attached hydrogen (secondary N) is 1. The number of nitro benzene ring substituents is 1.